The summed E-state index contributed by atoms with van der Waals surface area (Å²) in [6.07, 6.45) is 0. The van der Waals surface area contributed by atoms with E-state index in [1.54, 1.807) is 23.1 Å². The van der Waals surface area contributed by atoms with Crippen LogP contribution in [-0.2, 0) is 10.5 Å². The minimum Gasteiger partial charge on any atom is -0.353 e. The fourth-order valence-corrected chi connectivity index (χ4v) is 4.08. The van der Waals surface area contributed by atoms with Crippen molar-refractivity contribution < 1.29 is 4.79 Å². The number of rotatable bonds is 7. The maximum Gasteiger partial charge on any atom is 0.230 e. The Labute approximate surface area is 146 Å². The zero-order valence-corrected chi connectivity index (χ0v) is 15.8. The predicted molar refractivity (Wildman–Crippen MR) is 101 cm³/mol. The molecule has 0 aliphatic rings. The molecular formula is C18H24N2OS2. The molecule has 0 saturated heterocycles. The van der Waals surface area contributed by atoms with Gasteiger partial charge in [0.2, 0.25) is 5.91 Å². The number of carbonyl (C=O) groups is 1. The number of carbonyl (C=O) groups excluding carboxylic acids is 1. The van der Waals surface area contributed by atoms with Crippen molar-refractivity contribution in [3.05, 3.63) is 40.9 Å². The molecule has 23 heavy (non-hydrogen) atoms. The molecule has 2 aromatic rings. The maximum absolute atomic E-state index is 11.9. The fraction of sp³-hybridized carbons (Fsp3) is 0.444. The van der Waals surface area contributed by atoms with E-state index in [-0.39, 0.29) is 11.9 Å². The summed E-state index contributed by atoms with van der Waals surface area (Å²) >= 11 is 3.37. The molecule has 1 atom stereocenters. The van der Waals surface area contributed by atoms with Gasteiger partial charge in [-0.25, -0.2) is 4.98 Å². The fourth-order valence-electron chi connectivity index (χ4n) is 1.96. The Kier molecular flexibility index (Phi) is 6.66. The summed E-state index contributed by atoms with van der Waals surface area (Å²) in [5.41, 5.74) is 2.22. The highest BCUT2D eigenvalue weighted by molar-refractivity contribution is 7.99. The van der Waals surface area contributed by atoms with Gasteiger partial charge in [-0.2, -0.15) is 0 Å². The molecule has 0 radical (unpaired) electrons. The van der Waals surface area contributed by atoms with Gasteiger partial charge in [-0.15, -0.1) is 23.1 Å². The monoisotopic (exact) mass is 348 g/mol. The van der Waals surface area contributed by atoms with Gasteiger partial charge in [-0.1, -0.05) is 44.2 Å². The second-order valence-electron chi connectivity index (χ2n) is 5.99. The molecule has 1 aromatic heterocycles. The van der Waals surface area contributed by atoms with Crippen LogP contribution in [0.5, 0.6) is 0 Å². The van der Waals surface area contributed by atoms with Crippen molar-refractivity contribution in [3.63, 3.8) is 0 Å². The summed E-state index contributed by atoms with van der Waals surface area (Å²) in [6.45, 7) is 8.32. The minimum atomic E-state index is 0.113. The second-order valence-corrected chi connectivity index (χ2v) is 8.06. The maximum atomic E-state index is 11.9. The van der Waals surface area contributed by atoms with E-state index in [0.717, 1.165) is 22.0 Å². The minimum absolute atomic E-state index is 0.113. The lowest BCUT2D eigenvalue weighted by molar-refractivity contribution is -0.119. The molecule has 1 N–H and O–H groups in total. The second kappa shape index (κ2) is 8.50. The molecule has 0 bridgehead atoms. The van der Waals surface area contributed by atoms with E-state index >= 15 is 0 Å². The van der Waals surface area contributed by atoms with Crippen LogP contribution in [0.3, 0.4) is 0 Å². The lowest BCUT2D eigenvalue weighted by Gasteiger charge is -2.17. The van der Waals surface area contributed by atoms with Gasteiger partial charge in [-0.3, -0.25) is 4.79 Å². The summed E-state index contributed by atoms with van der Waals surface area (Å²) < 4.78 is 0. The number of amides is 1. The first-order chi connectivity index (χ1) is 11.0. The Morgan fingerprint density at radius 1 is 1.26 bits per heavy atom. The van der Waals surface area contributed by atoms with Crippen LogP contribution in [0.25, 0.3) is 10.6 Å². The Balaban J connectivity index is 1.87. The molecule has 3 nitrogen and oxygen atoms in total. The van der Waals surface area contributed by atoms with Crippen LogP contribution in [0.15, 0.2) is 30.3 Å². The number of nitrogens with zero attached hydrogens (tertiary/aromatic N) is 1. The van der Waals surface area contributed by atoms with Gasteiger partial charge in [0.05, 0.1) is 11.4 Å². The van der Waals surface area contributed by atoms with Gasteiger partial charge in [-0.05, 0) is 19.8 Å². The van der Waals surface area contributed by atoms with E-state index in [1.165, 1.54) is 4.88 Å². The topological polar surface area (TPSA) is 42.0 Å². The van der Waals surface area contributed by atoms with Gasteiger partial charge in [0.25, 0.3) is 0 Å². The third kappa shape index (κ3) is 5.36. The summed E-state index contributed by atoms with van der Waals surface area (Å²) in [7, 11) is 0. The highest BCUT2D eigenvalue weighted by Gasteiger charge is 2.12. The largest absolute Gasteiger partial charge is 0.353 e. The van der Waals surface area contributed by atoms with Crippen molar-refractivity contribution in [2.24, 2.45) is 5.92 Å². The number of aryl methyl sites for hydroxylation is 1. The molecule has 0 aliphatic heterocycles. The average molecular weight is 349 g/mol. The molecule has 1 aromatic carbocycles. The van der Waals surface area contributed by atoms with Crippen molar-refractivity contribution in [2.75, 3.05) is 5.75 Å². The highest BCUT2D eigenvalue weighted by Crippen LogP contribution is 2.30. The van der Waals surface area contributed by atoms with Crippen LogP contribution in [0, 0.1) is 12.8 Å². The van der Waals surface area contributed by atoms with Crippen molar-refractivity contribution >= 4 is 29.0 Å². The number of thioether (sulfide) groups is 1. The van der Waals surface area contributed by atoms with Gasteiger partial charge in [0, 0.05) is 22.2 Å². The molecule has 1 unspecified atom stereocenters. The zero-order valence-electron chi connectivity index (χ0n) is 14.1. The smallest absolute Gasteiger partial charge is 0.230 e. The molecule has 124 valence electrons. The molecule has 5 heteroatoms. The van der Waals surface area contributed by atoms with E-state index in [0.29, 0.717) is 11.7 Å². The van der Waals surface area contributed by atoms with E-state index in [9.17, 15) is 4.79 Å². The Morgan fingerprint density at radius 3 is 2.61 bits per heavy atom. The number of nitrogens with one attached hydrogen (secondary N) is 1. The molecule has 0 aliphatic carbocycles. The van der Waals surface area contributed by atoms with Gasteiger partial charge in [0.1, 0.15) is 5.01 Å². The predicted octanol–water partition coefficient (Wildman–Crippen LogP) is 4.51. The zero-order chi connectivity index (χ0) is 16.8. The first-order valence-corrected chi connectivity index (χ1v) is 9.83. The third-order valence-corrected chi connectivity index (χ3v) is 6.12. The number of aromatic nitrogens is 1. The van der Waals surface area contributed by atoms with Crippen LogP contribution >= 0.6 is 23.1 Å². The van der Waals surface area contributed by atoms with Crippen LogP contribution in [0.4, 0.5) is 0 Å². The van der Waals surface area contributed by atoms with Crippen LogP contribution in [-0.4, -0.2) is 22.7 Å². The van der Waals surface area contributed by atoms with Gasteiger partial charge >= 0.3 is 0 Å². The number of hydrogen-bond donors (Lipinski definition) is 1. The standard InChI is InChI=1S/C18H24N2OS2/c1-12(2)13(3)19-17(21)11-22-10-16-14(4)20-18(23-16)15-8-6-5-7-9-15/h5-9,12-13H,10-11H2,1-4H3,(H,19,21). The van der Waals surface area contributed by atoms with Gasteiger partial charge < -0.3 is 5.32 Å². The molecule has 2 rings (SSSR count). The highest BCUT2D eigenvalue weighted by atomic mass is 32.2. The quantitative estimate of drug-likeness (QED) is 0.800. The lowest BCUT2D eigenvalue weighted by Crippen LogP contribution is -2.37. The summed E-state index contributed by atoms with van der Waals surface area (Å²) in [5.74, 6) is 1.90. The Hall–Kier alpha value is -1.33. The van der Waals surface area contributed by atoms with Crippen molar-refractivity contribution in [3.8, 4) is 10.6 Å². The van der Waals surface area contributed by atoms with Crippen LogP contribution < -0.4 is 5.32 Å². The normalized spacial score (nSPS) is 12.4. The van der Waals surface area contributed by atoms with Crippen LogP contribution in [0.1, 0.15) is 31.3 Å². The number of hydrogen-bond acceptors (Lipinski definition) is 4. The lowest BCUT2D eigenvalue weighted by atomic mass is 10.1. The van der Waals surface area contributed by atoms with E-state index in [1.807, 2.05) is 32.0 Å². The average Bonchev–Trinajstić information content (AvgIpc) is 2.89. The van der Waals surface area contributed by atoms with Crippen molar-refractivity contribution in [1.29, 1.82) is 0 Å². The summed E-state index contributed by atoms with van der Waals surface area (Å²) in [5, 5.41) is 4.09. The molecule has 1 heterocycles. The molecule has 1 amide bonds. The summed E-state index contributed by atoms with van der Waals surface area (Å²) in [4.78, 5) is 17.8. The Morgan fingerprint density at radius 2 is 1.96 bits per heavy atom. The first kappa shape index (κ1) is 18.0. The first-order valence-electron chi connectivity index (χ1n) is 7.86. The van der Waals surface area contributed by atoms with Gasteiger partial charge in [0.15, 0.2) is 0 Å². The van der Waals surface area contributed by atoms with E-state index in [2.05, 4.69) is 36.3 Å². The number of thiazole rings is 1. The van der Waals surface area contributed by atoms with Crippen molar-refractivity contribution in [1.82, 2.24) is 10.3 Å². The molecule has 0 saturated carbocycles. The Bertz CT molecular complexity index is 638. The summed E-state index contributed by atoms with van der Waals surface area (Å²) in [6, 6.07) is 10.4. The molecule has 0 spiro atoms. The SMILES string of the molecule is Cc1nc(-c2ccccc2)sc1CSCC(=O)NC(C)C(C)C. The molecular weight excluding hydrogens is 324 g/mol. The third-order valence-electron chi connectivity index (χ3n) is 3.77. The number of benzene rings is 1. The molecule has 0 fully saturated rings. The van der Waals surface area contributed by atoms with E-state index < -0.39 is 0 Å². The van der Waals surface area contributed by atoms with E-state index in [4.69, 9.17) is 0 Å². The van der Waals surface area contributed by atoms with Crippen LogP contribution in [0.2, 0.25) is 0 Å². The van der Waals surface area contributed by atoms with Crippen molar-refractivity contribution in [2.45, 2.75) is 39.5 Å².